The molecule has 4 heteroatoms. The molecule has 0 atom stereocenters. The zero-order chi connectivity index (χ0) is 12.4. The number of aromatic nitrogens is 2. The fraction of sp³-hybridized carbons (Fsp3) is 0.214. The van der Waals surface area contributed by atoms with Crippen molar-refractivity contribution in [3.05, 3.63) is 46.5 Å². The summed E-state index contributed by atoms with van der Waals surface area (Å²) in [5, 5.41) is 7.97. The van der Waals surface area contributed by atoms with Gasteiger partial charge in [0.2, 0.25) is 0 Å². The summed E-state index contributed by atoms with van der Waals surface area (Å²) >= 11 is 1.73. The Morgan fingerprint density at radius 1 is 1.33 bits per heavy atom. The predicted octanol–water partition coefficient (Wildman–Crippen LogP) is 3.59. The molecule has 2 aromatic heterocycles. The number of aromatic amines is 1. The van der Waals surface area contributed by atoms with Crippen LogP contribution in [0.1, 0.15) is 10.7 Å². The first-order valence-corrected chi connectivity index (χ1v) is 6.91. The van der Waals surface area contributed by atoms with E-state index < -0.39 is 0 Å². The van der Waals surface area contributed by atoms with Gasteiger partial charge >= 0.3 is 0 Å². The van der Waals surface area contributed by atoms with E-state index in [1.54, 1.807) is 11.3 Å². The van der Waals surface area contributed by atoms with Gasteiger partial charge in [0.25, 0.3) is 0 Å². The van der Waals surface area contributed by atoms with E-state index >= 15 is 0 Å². The van der Waals surface area contributed by atoms with Gasteiger partial charge in [-0.3, -0.25) is 0 Å². The topological polar surface area (TPSA) is 40.7 Å². The molecule has 18 heavy (non-hydrogen) atoms. The van der Waals surface area contributed by atoms with Crippen LogP contribution in [0.2, 0.25) is 0 Å². The van der Waals surface area contributed by atoms with Gasteiger partial charge in [0.1, 0.15) is 0 Å². The molecule has 2 N–H and O–H groups in total. The predicted molar refractivity (Wildman–Crippen MR) is 77.3 cm³/mol. The fourth-order valence-electron chi connectivity index (χ4n) is 1.99. The zero-order valence-electron chi connectivity index (χ0n) is 10.2. The highest BCUT2D eigenvalue weighted by Gasteiger charge is 1.99. The number of anilines is 1. The number of aryl methyl sites for hydroxylation is 1. The molecule has 0 amide bonds. The fourth-order valence-corrected chi connectivity index (χ4v) is 2.77. The molecule has 2 heterocycles. The average Bonchev–Trinajstić information content (AvgIpc) is 2.97. The third-order valence-electron chi connectivity index (χ3n) is 2.89. The summed E-state index contributed by atoms with van der Waals surface area (Å²) in [5.41, 5.74) is 3.45. The molecule has 0 saturated heterocycles. The molecule has 0 aliphatic rings. The van der Waals surface area contributed by atoms with Crippen molar-refractivity contribution in [2.75, 3.05) is 11.9 Å². The lowest BCUT2D eigenvalue weighted by Gasteiger charge is -2.05. The van der Waals surface area contributed by atoms with Crippen LogP contribution in [0.4, 0.5) is 5.69 Å². The van der Waals surface area contributed by atoms with Crippen LogP contribution < -0.4 is 5.32 Å². The number of hydrogen-bond acceptors (Lipinski definition) is 3. The molecular formula is C14H15N3S. The maximum Gasteiger partial charge on any atom is 0.0945 e. The second-order valence-electron chi connectivity index (χ2n) is 4.34. The van der Waals surface area contributed by atoms with E-state index in [0.717, 1.165) is 24.3 Å². The second kappa shape index (κ2) is 4.82. The number of nitrogens with one attached hydrogen (secondary N) is 2. The summed E-state index contributed by atoms with van der Waals surface area (Å²) in [5.74, 6) is 0. The first-order valence-electron chi connectivity index (χ1n) is 6.03. The zero-order valence-corrected chi connectivity index (χ0v) is 11.1. The lowest BCUT2D eigenvalue weighted by Crippen LogP contribution is -2.04. The number of benzene rings is 1. The molecule has 0 aliphatic heterocycles. The number of rotatable bonds is 4. The van der Waals surface area contributed by atoms with E-state index in [1.165, 1.54) is 15.9 Å². The molecule has 1 aromatic carbocycles. The second-order valence-corrected chi connectivity index (χ2v) is 5.28. The van der Waals surface area contributed by atoms with Gasteiger partial charge < -0.3 is 10.3 Å². The lowest BCUT2D eigenvalue weighted by molar-refractivity contribution is 0.987. The minimum Gasteiger partial charge on any atom is -0.385 e. The SMILES string of the molecule is Cc1csc(CCNc2ccc3[nH]ccc3c2)n1. The Morgan fingerprint density at radius 3 is 3.11 bits per heavy atom. The Hall–Kier alpha value is -1.81. The summed E-state index contributed by atoms with van der Waals surface area (Å²) in [6, 6.07) is 8.46. The highest BCUT2D eigenvalue weighted by atomic mass is 32.1. The van der Waals surface area contributed by atoms with Crippen molar-refractivity contribution in [1.82, 2.24) is 9.97 Å². The Balaban J connectivity index is 1.62. The summed E-state index contributed by atoms with van der Waals surface area (Å²) in [6.45, 7) is 2.95. The van der Waals surface area contributed by atoms with E-state index in [0.29, 0.717) is 0 Å². The van der Waals surface area contributed by atoms with E-state index in [9.17, 15) is 0 Å². The molecule has 0 radical (unpaired) electrons. The number of nitrogens with zero attached hydrogens (tertiary/aromatic N) is 1. The highest BCUT2D eigenvalue weighted by Crippen LogP contribution is 2.18. The first-order chi connectivity index (χ1) is 8.81. The van der Waals surface area contributed by atoms with Crippen molar-refractivity contribution in [2.24, 2.45) is 0 Å². The normalized spacial score (nSPS) is 10.9. The van der Waals surface area contributed by atoms with Crippen molar-refractivity contribution in [1.29, 1.82) is 0 Å². The molecule has 3 rings (SSSR count). The van der Waals surface area contributed by atoms with Crippen LogP contribution in [-0.2, 0) is 6.42 Å². The van der Waals surface area contributed by atoms with E-state index in [-0.39, 0.29) is 0 Å². The third-order valence-corrected chi connectivity index (χ3v) is 3.91. The summed E-state index contributed by atoms with van der Waals surface area (Å²) < 4.78 is 0. The van der Waals surface area contributed by atoms with Gasteiger partial charge in [0, 0.05) is 46.8 Å². The number of fused-ring (bicyclic) bond motifs is 1. The monoisotopic (exact) mass is 257 g/mol. The van der Waals surface area contributed by atoms with Crippen molar-refractivity contribution in [2.45, 2.75) is 13.3 Å². The molecule has 0 aliphatic carbocycles. The number of thiazole rings is 1. The van der Waals surface area contributed by atoms with Gasteiger partial charge in [0.05, 0.1) is 5.01 Å². The van der Waals surface area contributed by atoms with Gasteiger partial charge in [-0.2, -0.15) is 0 Å². The van der Waals surface area contributed by atoms with Gasteiger partial charge in [-0.25, -0.2) is 4.98 Å². The molecule has 3 aromatic rings. The minimum absolute atomic E-state index is 0.920. The number of hydrogen-bond donors (Lipinski definition) is 2. The molecule has 0 fully saturated rings. The standard InChI is InChI=1S/C14H15N3S/c1-10-9-18-14(17-10)5-7-15-12-2-3-13-11(8-12)4-6-16-13/h2-4,6,8-9,15-16H,5,7H2,1H3. The van der Waals surface area contributed by atoms with Crippen molar-refractivity contribution in [3.8, 4) is 0 Å². The summed E-state index contributed by atoms with van der Waals surface area (Å²) in [7, 11) is 0. The summed E-state index contributed by atoms with van der Waals surface area (Å²) in [4.78, 5) is 7.65. The highest BCUT2D eigenvalue weighted by molar-refractivity contribution is 7.09. The molecule has 0 bridgehead atoms. The molecule has 0 spiro atoms. The first kappa shape index (κ1) is 11.3. The Kier molecular flexibility index (Phi) is 3.02. The largest absolute Gasteiger partial charge is 0.385 e. The van der Waals surface area contributed by atoms with Crippen molar-refractivity contribution >= 4 is 27.9 Å². The molecule has 0 unspecified atom stereocenters. The smallest absolute Gasteiger partial charge is 0.0945 e. The van der Waals surface area contributed by atoms with Crippen LogP contribution in [0.3, 0.4) is 0 Å². The lowest BCUT2D eigenvalue weighted by atomic mass is 10.2. The molecule has 3 nitrogen and oxygen atoms in total. The van der Waals surface area contributed by atoms with Crippen LogP contribution in [0.25, 0.3) is 10.9 Å². The maximum absolute atomic E-state index is 4.46. The van der Waals surface area contributed by atoms with Crippen LogP contribution in [0.15, 0.2) is 35.8 Å². The van der Waals surface area contributed by atoms with E-state index in [1.807, 2.05) is 13.1 Å². The maximum atomic E-state index is 4.46. The van der Waals surface area contributed by atoms with Crippen LogP contribution in [-0.4, -0.2) is 16.5 Å². The van der Waals surface area contributed by atoms with E-state index in [4.69, 9.17) is 0 Å². The van der Waals surface area contributed by atoms with Crippen LogP contribution >= 0.6 is 11.3 Å². The summed E-state index contributed by atoms with van der Waals surface area (Å²) in [6.07, 6.45) is 2.94. The van der Waals surface area contributed by atoms with Crippen molar-refractivity contribution in [3.63, 3.8) is 0 Å². The Bertz CT molecular complexity index is 654. The van der Waals surface area contributed by atoms with Gasteiger partial charge in [-0.1, -0.05) is 0 Å². The molecule has 92 valence electrons. The van der Waals surface area contributed by atoms with Gasteiger partial charge in [-0.05, 0) is 31.2 Å². The average molecular weight is 257 g/mol. The van der Waals surface area contributed by atoms with Gasteiger partial charge in [0.15, 0.2) is 0 Å². The van der Waals surface area contributed by atoms with Gasteiger partial charge in [-0.15, -0.1) is 11.3 Å². The van der Waals surface area contributed by atoms with Crippen molar-refractivity contribution < 1.29 is 0 Å². The number of H-pyrrole nitrogens is 1. The minimum atomic E-state index is 0.920. The third kappa shape index (κ3) is 2.38. The van der Waals surface area contributed by atoms with Crippen LogP contribution in [0.5, 0.6) is 0 Å². The Morgan fingerprint density at radius 2 is 2.28 bits per heavy atom. The molecule has 0 saturated carbocycles. The van der Waals surface area contributed by atoms with E-state index in [2.05, 4.69) is 44.9 Å². The molecular weight excluding hydrogens is 242 g/mol. The quantitative estimate of drug-likeness (QED) is 0.750. The Labute approximate surface area is 110 Å². The van der Waals surface area contributed by atoms with Crippen LogP contribution in [0, 0.1) is 6.92 Å².